The summed E-state index contributed by atoms with van der Waals surface area (Å²) >= 11 is 0. The Morgan fingerprint density at radius 2 is 0.851 bits per heavy atom. The van der Waals surface area contributed by atoms with E-state index < -0.39 is 0 Å². The molecule has 0 saturated carbocycles. The molecule has 0 unspecified atom stereocenters. The Morgan fingerprint density at radius 1 is 0.298 bits per heavy atom. The summed E-state index contributed by atoms with van der Waals surface area (Å²) in [5.74, 6) is 0. The van der Waals surface area contributed by atoms with E-state index in [1.165, 1.54) is 71.1 Å². The smallest absolute Gasteiger partial charge is 0.143 e. The summed E-state index contributed by atoms with van der Waals surface area (Å²) in [4.78, 5) is 0. The van der Waals surface area contributed by atoms with E-state index in [2.05, 4.69) is 170 Å². The van der Waals surface area contributed by atoms with Gasteiger partial charge in [-0.1, -0.05) is 146 Å². The Bertz CT molecular complexity index is 2800. The van der Waals surface area contributed by atoms with Gasteiger partial charge in [-0.15, -0.1) is 0 Å². The summed E-state index contributed by atoms with van der Waals surface area (Å²) in [6, 6.07) is 61.6. The standard InChI is InChI=1S/C46H28O/c1-2-13-31-27-32(22-21-29(31)11-1)34-14-5-6-16-36(34)45-39-19-9-7-17-37(39)44(38-18-8-10-20-40(38)45)33-24-26-43-42(28-33)41-25-23-30-12-3-4-15-35(30)46(41)47-43/h1-28H. The molecular formula is C46H28O. The summed E-state index contributed by atoms with van der Waals surface area (Å²) in [6.45, 7) is 0. The van der Waals surface area contributed by atoms with E-state index in [4.69, 9.17) is 4.42 Å². The van der Waals surface area contributed by atoms with Gasteiger partial charge in [-0.25, -0.2) is 0 Å². The zero-order chi connectivity index (χ0) is 30.9. The summed E-state index contributed by atoms with van der Waals surface area (Å²) in [5, 5.41) is 12.1. The number of fused-ring (bicyclic) bond motifs is 8. The second kappa shape index (κ2) is 10.2. The molecule has 10 aromatic rings. The van der Waals surface area contributed by atoms with Crippen molar-refractivity contribution in [3.63, 3.8) is 0 Å². The first-order valence-electron chi connectivity index (χ1n) is 16.2. The molecule has 47 heavy (non-hydrogen) atoms. The molecule has 0 radical (unpaired) electrons. The Balaban J connectivity index is 1.25. The number of furan rings is 1. The third-order valence-corrected chi connectivity index (χ3v) is 9.84. The van der Waals surface area contributed by atoms with Crippen LogP contribution in [0.25, 0.3) is 98.4 Å². The Hall–Kier alpha value is -6.18. The highest BCUT2D eigenvalue weighted by molar-refractivity contribution is 6.23. The van der Waals surface area contributed by atoms with Gasteiger partial charge in [0.05, 0.1) is 0 Å². The Kier molecular flexibility index (Phi) is 5.64. The normalized spacial score (nSPS) is 11.8. The van der Waals surface area contributed by atoms with Gasteiger partial charge in [-0.2, -0.15) is 0 Å². The second-order valence-corrected chi connectivity index (χ2v) is 12.4. The van der Waals surface area contributed by atoms with E-state index >= 15 is 0 Å². The molecule has 0 atom stereocenters. The minimum atomic E-state index is 0.912. The third kappa shape index (κ3) is 3.97. The van der Waals surface area contributed by atoms with Crippen LogP contribution in [0.3, 0.4) is 0 Å². The van der Waals surface area contributed by atoms with Crippen molar-refractivity contribution >= 4 is 65.0 Å². The van der Waals surface area contributed by atoms with Gasteiger partial charge in [0, 0.05) is 16.2 Å². The van der Waals surface area contributed by atoms with E-state index in [9.17, 15) is 0 Å². The molecule has 1 aromatic heterocycles. The molecule has 0 spiro atoms. The second-order valence-electron chi connectivity index (χ2n) is 12.4. The maximum absolute atomic E-state index is 6.49. The van der Waals surface area contributed by atoms with Crippen LogP contribution in [0.15, 0.2) is 174 Å². The lowest BCUT2D eigenvalue weighted by atomic mass is 9.83. The van der Waals surface area contributed by atoms with Crippen LogP contribution in [0.4, 0.5) is 0 Å². The van der Waals surface area contributed by atoms with Crippen LogP contribution in [0.1, 0.15) is 0 Å². The van der Waals surface area contributed by atoms with E-state index in [0.717, 1.165) is 27.3 Å². The fourth-order valence-electron chi connectivity index (χ4n) is 7.70. The molecule has 0 saturated heterocycles. The molecule has 0 bridgehead atoms. The molecule has 0 aliphatic carbocycles. The zero-order valence-electron chi connectivity index (χ0n) is 25.6. The summed E-state index contributed by atoms with van der Waals surface area (Å²) in [7, 11) is 0. The molecule has 0 N–H and O–H groups in total. The van der Waals surface area contributed by atoms with Crippen molar-refractivity contribution in [1.82, 2.24) is 0 Å². The van der Waals surface area contributed by atoms with Crippen LogP contribution in [0, 0.1) is 0 Å². The maximum Gasteiger partial charge on any atom is 0.143 e. The van der Waals surface area contributed by atoms with E-state index in [0.29, 0.717) is 0 Å². The van der Waals surface area contributed by atoms with Gasteiger partial charge in [0.15, 0.2) is 0 Å². The average molecular weight is 597 g/mol. The maximum atomic E-state index is 6.49. The first-order valence-corrected chi connectivity index (χ1v) is 16.2. The number of hydrogen-bond acceptors (Lipinski definition) is 1. The van der Waals surface area contributed by atoms with Gasteiger partial charge in [0.25, 0.3) is 0 Å². The largest absolute Gasteiger partial charge is 0.455 e. The monoisotopic (exact) mass is 596 g/mol. The van der Waals surface area contributed by atoms with E-state index in [1.807, 2.05) is 0 Å². The average Bonchev–Trinajstić information content (AvgIpc) is 3.52. The quantitative estimate of drug-likeness (QED) is 0.185. The van der Waals surface area contributed by atoms with E-state index in [1.54, 1.807) is 0 Å². The lowest BCUT2D eigenvalue weighted by molar-refractivity contribution is 0.672. The zero-order valence-corrected chi connectivity index (χ0v) is 25.6. The van der Waals surface area contributed by atoms with Crippen LogP contribution in [0.2, 0.25) is 0 Å². The molecule has 0 amide bonds. The van der Waals surface area contributed by atoms with Crippen LogP contribution in [0.5, 0.6) is 0 Å². The molecule has 1 heteroatoms. The number of rotatable bonds is 3. The van der Waals surface area contributed by atoms with Gasteiger partial charge in [0.2, 0.25) is 0 Å². The van der Waals surface area contributed by atoms with Gasteiger partial charge in [0.1, 0.15) is 11.2 Å². The van der Waals surface area contributed by atoms with Crippen LogP contribution in [-0.4, -0.2) is 0 Å². The molecule has 10 rings (SSSR count). The molecule has 0 fully saturated rings. The molecule has 218 valence electrons. The van der Waals surface area contributed by atoms with Gasteiger partial charge in [-0.3, -0.25) is 0 Å². The van der Waals surface area contributed by atoms with Crippen molar-refractivity contribution in [1.29, 1.82) is 0 Å². The van der Waals surface area contributed by atoms with Crippen LogP contribution < -0.4 is 0 Å². The minimum Gasteiger partial charge on any atom is -0.455 e. The topological polar surface area (TPSA) is 13.1 Å². The highest BCUT2D eigenvalue weighted by atomic mass is 16.3. The van der Waals surface area contributed by atoms with Crippen molar-refractivity contribution in [2.45, 2.75) is 0 Å². The molecule has 0 aliphatic heterocycles. The van der Waals surface area contributed by atoms with E-state index in [-0.39, 0.29) is 0 Å². The molecule has 9 aromatic carbocycles. The fourth-order valence-corrected chi connectivity index (χ4v) is 7.70. The van der Waals surface area contributed by atoms with Crippen LogP contribution in [-0.2, 0) is 0 Å². The number of benzene rings is 9. The molecule has 1 heterocycles. The number of hydrogen-bond donors (Lipinski definition) is 0. The highest BCUT2D eigenvalue weighted by Crippen LogP contribution is 2.47. The Morgan fingerprint density at radius 3 is 1.60 bits per heavy atom. The molecule has 0 aliphatic rings. The van der Waals surface area contributed by atoms with Crippen LogP contribution >= 0.6 is 0 Å². The predicted molar refractivity (Wildman–Crippen MR) is 200 cm³/mol. The highest BCUT2D eigenvalue weighted by Gasteiger charge is 2.20. The van der Waals surface area contributed by atoms with Gasteiger partial charge >= 0.3 is 0 Å². The minimum absolute atomic E-state index is 0.912. The lowest BCUT2D eigenvalue weighted by Crippen LogP contribution is -1.92. The molecule has 1 nitrogen and oxygen atoms in total. The SMILES string of the molecule is c1ccc(-c2c3ccccc3c(-c3ccc4oc5c6ccccc6ccc5c4c3)c3ccccc23)c(-c2ccc3ccccc3c2)c1. The van der Waals surface area contributed by atoms with Gasteiger partial charge in [-0.05, 0) is 95.3 Å². The third-order valence-electron chi connectivity index (χ3n) is 9.84. The van der Waals surface area contributed by atoms with Crippen molar-refractivity contribution < 1.29 is 4.42 Å². The summed E-state index contributed by atoms with van der Waals surface area (Å²) in [5.41, 5.74) is 9.27. The summed E-state index contributed by atoms with van der Waals surface area (Å²) < 4.78 is 6.49. The first-order chi connectivity index (χ1) is 23.3. The van der Waals surface area contributed by atoms with Crippen molar-refractivity contribution in [2.75, 3.05) is 0 Å². The van der Waals surface area contributed by atoms with Gasteiger partial charge < -0.3 is 4.42 Å². The van der Waals surface area contributed by atoms with Crippen molar-refractivity contribution in [3.8, 4) is 33.4 Å². The summed E-state index contributed by atoms with van der Waals surface area (Å²) in [6.07, 6.45) is 0. The van der Waals surface area contributed by atoms with Crippen molar-refractivity contribution in [3.05, 3.63) is 170 Å². The first kappa shape index (κ1) is 26.1. The molecular weight excluding hydrogens is 569 g/mol. The van der Waals surface area contributed by atoms with Crippen molar-refractivity contribution in [2.24, 2.45) is 0 Å². The lowest BCUT2D eigenvalue weighted by Gasteiger charge is -2.20. The predicted octanol–water partition coefficient (Wildman–Crippen LogP) is 13.2. The fraction of sp³-hybridized carbons (Fsp3) is 0. The Labute approximate surface area is 271 Å².